The van der Waals surface area contributed by atoms with Crippen molar-refractivity contribution in [3.05, 3.63) is 53.1 Å². The Morgan fingerprint density at radius 1 is 1.21 bits per heavy atom. The first kappa shape index (κ1) is 16.3. The van der Waals surface area contributed by atoms with Gasteiger partial charge in [0.15, 0.2) is 0 Å². The fourth-order valence-corrected chi connectivity index (χ4v) is 2.96. The highest BCUT2D eigenvalue weighted by Gasteiger charge is 2.40. The molecule has 1 fully saturated rings. The molecule has 2 aromatic carbocycles. The van der Waals surface area contributed by atoms with Gasteiger partial charge in [0.2, 0.25) is 5.91 Å². The molecule has 2 amide bonds. The lowest BCUT2D eigenvalue weighted by molar-refractivity contribution is -0.121. The van der Waals surface area contributed by atoms with Crippen LogP contribution in [-0.2, 0) is 9.59 Å². The molecule has 0 saturated carbocycles. The van der Waals surface area contributed by atoms with Crippen LogP contribution in [-0.4, -0.2) is 25.0 Å². The van der Waals surface area contributed by atoms with Crippen LogP contribution in [0.1, 0.15) is 12.0 Å². The zero-order chi connectivity index (χ0) is 17.3. The number of rotatable bonds is 4. The van der Waals surface area contributed by atoms with Gasteiger partial charge in [0.25, 0.3) is 5.91 Å². The van der Waals surface area contributed by atoms with Crippen molar-refractivity contribution >= 4 is 34.8 Å². The summed E-state index contributed by atoms with van der Waals surface area (Å²) in [5.41, 5.74) is 2.08. The summed E-state index contributed by atoms with van der Waals surface area (Å²) in [6.07, 6.45) is 0.0861. The molecule has 24 heavy (non-hydrogen) atoms. The van der Waals surface area contributed by atoms with Crippen molar-refractivity contribution in [2.45, 2.75) is 19.4 Å². The number of aryl methyl sites for hydroxylation is 1. The number of amides is 2. The summed E-state index contributed by atoms with van der Waals surface area (Å²) in [6.45, 7) is 1.87. The number of hydrogen-bond donors (Lipinski definition) is 1. The number of hydrogen-bond acceptors (Lipinski definition) is 4. The van der Waals surface area contributed by atoms with E-state index >= 15 is 0 Å². The van der Waals surface area contributed by atoms with Crippen LogP contribution in [0.5, 0.6) is 5.75 Å². The summed E-state index contributed by atoms with van der Waals surface area (Å²) in [4.78, 5) is 26.3. The van der Waals surface area contributed by atoms with E-state index in [4.69, 9.17) is 16.3 Å². The van der Waals surface area contributed by atoms with Crippen molar-refractivity contribution in [3.8, 4) is 5.75 Å². The molecular weight excluding hydrogens is 328 g/mol. The molecule has 1 aliphatic rings. The smallest absolute Gasteiger partial charge is 0.256 e. The molecule has 0 aromatic heterocycles. The molecule has 1 heterocycles. The number of nitrogens with zero attached hydrogens (tertiary/aromatic N) is 1. The second kappa shape index (κ2) is 6.53. The molecule has 124 valence electrons. The zero-order valence-corrected chi connectivity index (χ0v) is 14.1. The largest absolute Gasteiger partial charge is 0.495 e. The Morgan fingerprint density at radius 3 is 2.67 bits per heavy atom. The molecule has 2 aromatic rings. The maximum Gasteiger partial charge on any atom is 0.256 e. The van der Waals surface area contributed by atoms with Gasteiger partial charge in [-0.2, -0.15) is 0 Å². The summed E-state index contributed by atoms with van der Waals surface area (Å²) in [7, 11) is 1.54. The number of methoxy groups -OCH3 is 1. The zero-order valence-electron chi connectivity index (χ0n) is 13.4. The van der Waals surface area contributed by atoms with Crippen LogP contribution in [0, 0.1) is 6.92 Å². The average Bonchev–Trinajstić information content (AvgIpc) is 2.82. The SMILES string of the molecule is COc1ccc(Cl)cc1N[C@H]1CC(=O)N(c2ccccc2C)C1=O. The van der Waals surface area contributed by atoms with Crippen molar-refractivity contribution in [3.63, 3.8) is 0 Å². The highest BCUT2D eigenvalue weighted by atomic mass is 35.5. The first-order valence-electron chi connectivity index (χ1n) is 7.53. The van der Waals surface area contributed by atoms with Crippen LogP contribution in [0.15, 0.2) is 42.5 Å². The number of para-hydroxylation sites is 1. The quantitative estimate of drug-likeness (QED) is 0.864. The maximum absolute atomic E-state index is 12.7. The second-order valence-corrected chi connectivity index (χ2v) is 6.04. The normalized spacial score (nSPS) is 17.3. The Balaban J connectivity index is 1.88. The summed E-state index contributed by atoms with van der Waals surface area (Å²) < 4.78 is 5.27. The van der Waals surface area contributed by atoms with Crippen LogP contribution in [0.4, 0.5) is 11.4 Å². The van der Waals surface area contributed by atoms with Gasteiger partial charge in [-0.3, -0.25) is 9.59 Å². The molecule has 3 rings (SSSR count). The predicted molar refractivity (Wildman–Crippen MR) is 93.7 cm³/mol. The number of benzene rings is 2. The molecule has 0 radical (unpaired) electrons. The van der Waals surface area contributed by atoms with Gasteiger partial charge in [0.05, 0.1) is 24.9 Å². The van der Waals surface area contributed by atoms with Gasteiger partial charge in [0, 0.05) is 5.02 Å². The van der Waals surface area contributed by atoms with Crippen molar-refractivity contribution in [2.24, 2.45) is 0 Å². The van der Waals surface area contributed by atoms with E-state index in [0.717, 1.165) is 5.56 Å². The Labute approximate surface area is 145 Å². The number of imide groups is 1. The van der Waals surface area contributed by atoms with Crippen molar-refractivity contribution in [2.75, 3.05) is 17.3 Å². The van der Waals surface area contributed by atoms with E-state index in [1.165, 1.54) is 12.0 Å². The summed E-state index contributed by atoms with van der Waals surface area (Å²) in [5.74, 6) is 0.0538. The minimum absolute atomic E-state index is 0.0861. The third kappa shape index (κ3) is 2.95. The van der Waals surface area contributed by atoms with Crippen LogP contribution in [0.25, 0.3) is 0 Å². The Kier molecular flexibility index (Phi) is 4.44. The number of carbonyl (C=O) groups is 2. The predicted octanol–water partition coefficient (Wildman–Crippen LogP) is 3.40. The van der Waals surface area contributed by atoms with E-state index in [-0.39, 0.29) is 18.2 Å². The molecule has 1 aliphatic heterocycles. The fourth-order valence-electron chi connectivity index (χ4n) is 2.79. The van der Waals surface area contributed by atoms with Gasteiger partial charge in [-0.05, 0) is 36.8 Å². The Bertz CT molecular complexity index is 807. The molecular formula is C18H17ClN2O3. The lowest BCUT2D eigenvalue weighted by Crippen LogP contribution is -2.35. The lowest BCUT2D eigenvalue weighted by atomic mass is 10.2. The second-order valence-electron chi connectivity index (χ2n) is 5.60. The van der Waals surface area contributed by atoms with Gasteiger partial charge in [-0.1, -0.05) is 29.8 Å². The third-order valence-electron chi connectivity index (χ3n) is 3.99. The molecule has 0 bridgehead atoms. The Morgan fingerprint density at radius 2 is 1.96 bits per heavy atom. The van der Waals surface area contributed by atoms with Gasteiger partial charge < -0.3 is 10.1 Å². The van der Waals surface area contributed by atoms with Gasteiger partial charge >= 0.3 is 0 Å². The van der Waals surface area contributed by atoms with Gasteiger partial charge in [0.1, 0.15) is 11.8 Å². The summed E-state index contributed by atoms with van der Waals surface area (Å²) in [5, 5.41) is 3.60. The fraction of sp³-hybridized carbons (Fsp3) is 0.222. The number of anilines is 2. The summed E-state index contributed by atoms with van der Waals surface area (Å²) >= 11 is 6.01. The molecule has 0 spiro atoms. The number of halogens is 1. The monoisotopic (exact) mass is 344 g/mol. The third-order valence-corrected chi connectivity index (χ3v) is 4.23. The molecule has 6 heteroatoms. The number of ether oxygens (including phenoxy) is 1. The minimum Gasteiger partial charge on any atom is -0.495 e. The number of nitrogens with one attached hydrogen (secondary N) is 1. The summed E-state index contributed by atoms with van der Waals surface area (Å²) in [6, 6.07) is 11.8. The average molecular weight is 345 g/mol. The highest BCUT2D eigenvalue weighted by molar-refractivity contribution is 6.31. The Hall–Kier alpha value is -2.53. The van der Waals surface area contributed by atoms with Gasteiger partial charge in [-0.15, -0.1) is 0 Å². The van der Waals surface area contributed by atoms with Crippen molar-refractivity contribution in [1.82, 2.24) is 0 Å². The first-order valence-corrected chi connectivity index (χ1v) is 7.91. The van der Waals surface area contributed by atoms with E-state index in [9.17, 15) is 9.59 Å². The first-order chi connectivity index (χ1) is 11.5. The standard InChI is InChI=1S/C18H17ClN2O3/c1-11-5-3-4-6-15(11)21-17(22)10-14(18(21)23)20-13-9-12(19)7-8-16(13)24-2/h3-9,14,20H,10H2,1-2H3/t14-/m0/s1. The molecule has 0 aliphatic carbocycles. The molecule has 0 unspecified atom stereocenters. The molecule has 1 atom stereocenters. The van der Waals surface area contributed by atoms with E-state index in [2.05, 4.69) is 5.32 Å². The highest BCUT2D eigenvalue weighted by Crippen LogP contribution is 2.32. The van der Waals surface area contributed by atoms with Crippen LogP contribution >= 0.6 is 11.6 Å². The topological polar surface area (TPSA) is 58.6 Å². The number of carbonyl (C=O) groups excluding carboxylic acids is 2. The van der Waals surface area contributed by atoms with E-state index in [0.29, 0.717) is 22.1 Å². The van der Waals surface area contributed by atoms with Crippen LogP contribution in [0.2, 0.25) is 5.02 Å². The van der Waals surface area contributed by atoms with E-state index < -0.39 is 6.04 Å². The molecule has 1 saturated heterocycles. The van der Waals surface area contributed by atoms with Crippen molar-refractivity contribution in [1.29, 1.82) is 0 Å². The van der Waals surface area contributed by atoms with Crippen LogP contribution < -0.4 is 15.0 Å². The van der Waals surface area contributed by atoms with E-state index in [1.807, 2.05) is 25.1 Å². The minimum atomic E-state index is -0.649. The lowest BCUT2D eigenvalue weighted by Gasteiger charge is -2.18. The van der Waals surface area contributed by atoms with E-state index in [1.54, 1.807) is 24.3 Å². The van der Waals surface area contributed by atoms with Crippen molar-refractivity contribution < 1.29 is 14.3 Å². The molecule has 5 nitrogen and oxygen atoms in total. The van der Waals surface area contributed by atoms with Gasteiger partial charge in [-0.25, -0.2) is 4.90 Å². The molecule has 1 N–H and O–H groups in total. The maximum atomic E-state index is 12.7. The van der Waals surface area contributed by atoms with Crippen LogP contribution in [0.3, 0.4) is 0 Å².